The molecule has 1 aromatic rings. The van der Waals surface area contributed by atoms with Crippen LogP contribution in [-0.2, 0) is 12.0 Å². The summed E-state index contributed by atoms with van der Waals surface area (Å²) in [5.41, 5.74) is 8.87. The Balaban J connectivity index is 2.52. The lowest BCUT2D eigenvalue weighted by Gasteiger charge is -2.44. The smallest absolute Gasteiger partial charge is 0.0451 e. The normalized spacial score (nSPS) is 26.6. The minimum absolute atomic E-state index is 0.137. The van der Waals surface area contributed by atoms with E-state index in [1.807, 2.05) is 0 Å². The second kappa shape index (κ2) is 4.38. The Morgan fingerprint density at radius 1 is 1.41 bits per heavy atom. The fraction of sp³-hybridized carbons (Fsp3) is 0.571. The maximum atomic E-state index is 9.26. The van der Waals surface area contributed by atoms with Crippen LogP contribution in [0.3, 0.4) is 0 Å². The van der Waals surface area contributed by atoms with Crippen molar-refractivity contribution < 1.29 is 5.11 Å². The largest absolute Gasteiger partial charge is 0.396 e. The lowest BCUT2D eigenvalue weighted by molar-refractivity contribution is 0.163. The van der Waals surface area contributed by atoms with E-state index in [0.717, 1.165) is 17.3 Å². The van der Waals surface area contributed by atoms with E-state index in [0.29, 0.717) is 6.42 Å². The van der Waals surface area contributed by atoms with Crippen molar-refractivity contribution in [2.45, 2.75) is 38.6 Å². The monoisotopic (exact) mass is 297 g/mol. The first-order valence-electron chi connectivity index (χ1n) is 6.05. The summed E-state index contributed by atoms with van der Waals surface area (Å²) in [7, 11) is 0. The molecule has 94 valence electrons. The van der Waals surface area contributed by atoms with Gasteiger partial charge >= 0.3 is 0 Å². The van der Waals surface area contributed by atoms with Crippen LogP contribution in [0, 0.1) is 5.41 Å². The summed E-state index contributed by atoms with van der Waals surface area (Å²) in [6.45, 7) is 4.63. The first-order chi connectivity index (χ1) is 7.86. The second-order valence-corrected chi connectivity index (χ2v) is 6.86. The first kappa shape index (κ1) is 13.1. The van der Waals surface area contributed by atoms with E-state index in [-0.39, 0.29) is 12.0 Å². The standard InChI is InChI=1S/C14H20BrNO/c1-13(2)8-10-3-4-11(15)7-12(10)14(16,9-13)5-6-17/h3-4,7,17H,5-6,8-9,16H2,1-2H3. The van der Waals surface area contributed by atoms with E-state index in [1.165, 1.54) is 11.1 Å². The Kier molecular flexibility index (Phi) is 3.36. The van der Waals surface area contributed by atoms with E-state index in [1.54, 1.807) is 0 Å². The number of nitrogens with two attached hydrogens (primary N) is 1. The van der Waals surface area contributed by atoms with Crippen LogP contribution in [0.5, 0.6) is 0 Å². The molecule has 17 heavy (non-hydrogen) atoms. The number of aliphatic hydroxyl groups is 1. The minimum atomic E-state index is -0.393. The number of hydrogen-bond acceptors (Lipinski definition) is 2. The van der Waals surface area contributed by atoms with Crippen molar-refractivity contribution in [3.63, 3.8) is 0 Å². The summed E-state index contributed by atoms with van der Waals surface area (Å²) >= 11 is 3.50. The molecule has 3 heteroatoms. The Labute approximate surface area is 111 Å². The van der Waals surface area contributed by atoms with Gasteiger partial charge in [0.25, 0.3) is 0 Å². The molecule has 0 saturated carbocycles. The summed E-state index contributed by atoms with van der Waals surface area (Å²) in [5, 5.41) is 9.26. The van der Waals surface area contributed by atoms with Crippen LogP contribution in [0.4, 0.5) is 0 Å². The molecule has 3 N–H and O–H groups in total. The van der Waals surface area contributed by atoms with Gasteiger partial charge in [-0.25, -0.2) is 0 Å². The molecule has 0 saturated heterocycles. The van der Waals surface area contributed by atoms with Crippen LogP contribution in [-0.4, -0.2) is 11.7 Å². The van der Waals surface area contributed by atoms with Crippen molar-refractivity contribution in [3.8, 4) is 0 Å². The quantitative estimate of drug-likeness (QED) is 0.882. The van der Waals surface area contributed by atoms with E-state index in [9.17, 15) is 5.11 Å². The third-order valence-corrected chi connectivity index (χ3v) is 4.12. The second-order valence-electron chi connectivity index (χ2n) is 5.95. The number of fused-ring (bicyclic) bond motifs is 1. The van der Waals surface area contributed by atoms with Gasteiger partial charge in [-0.2, -0.15) is 0 Å². The predicted octanol–water partition coefficient (Wildman–Crippen LogP) is 2.96. The highest BCUT2D eigenvalue weighted by Crippen LogP contribution is 2.45. The summed E-state index contributed by atoms with van der Waals surface area (Å²) in [4.78, 5) is 0. The molecule has 0 aromatic heterocycles. The van der Waals surface area contributed by atoms with Gasteiger partial charge in [0.2, 0.25) is 0 Å². The first-order valence-corrected chi connectivity index (χ1v) is 6.84. The predicted molar refractivity (Wildman–Crippen MR) is 73.8 cm³/mol. The van der Waals surface area contributed by atoms with Crippen molar-refractivity contribution in [1.82, 2.24) is 0 Å². The number of halogens is 1. The molecule has 0 heterocycles. The third kappa shape index (κ3) is 2.56. The van der Waals surface area contributed by atoms with E-state index in [4.69, 9.17) is 5.73 Å². The fourth-order valence-corrected chi connectivity index (χ4v) is 3.48. The van der Waals surface area contributed by atoms with Gasteiger partial charge in [-0.05, 0) is 47.9 Å². The van der Waals surface area contributed by atoms with Crippen LogP contribution in [0.1, 0.15) is 37.8 Å². The van der Waals surface area contributed by atoms with Crippen LogP contribution < -0.4 is 5.73 Å². The molecule has 1 atom stereocenters. The highest BCUT2D eigenvalue weighted by Gasteiger charge is 2.40. The van der Waals surface area contributed by atoms with Gasteiger partial charge in [0.05, 0.1) is 0 Å². The molecule has 0 spiro atoms. The molecule has 0 aliphatic heterocycles. The molecular weight excluding hydrogens is 278 g/mol. The topological polar surface area (TPSA) is 46.2 Å². The van der Waals surface area contributed by atoms with Crippen molar-refractivity contribution >= 4 is 15.9 Å². The molecule has 2 nitrogen and oxygen atoms in total. The Morgan fingerprint density at radius 2 is 2.12 bits per heavy atom. The summed E-state index contributed by atoms with van der Waals surface area (Å²) < 4.78 is 1.06. The van der Waals surface area contributed by atoms with Gasteiger partial charge in [0.1, 0.15) is 0 Å². The molecule has 1 unspecified atom stereocenters. The van der Waals surface area contributed by atoms with E-state index in [2.05, 4.69) is 48.0 Å². The van der Waals surface area contributed by atoms with Crippen molar-refractivity contribution in [2.24, 2.45) is 11.1 Å². The van der Waals surface area contributed by atoms with Gasteiger partial charge in [-0.3, -0.25) is 0 Å². The Hall–Kier alpha value is -0.380. The minimum Gasteiger partial charge on any atom is -0.396 e. The van der Waals surface area contributed by atoms with Gasteiger partial charge in [0, 0.05) is 16.6 Å². The zero-order chi connectivity index (χ0) is 12.7. The number of benzene rings is 1. The zero-order valence-electron chi connectivity index (χ0n) is 10.5. The Bertz CT molecular complexity index is 430. The van der Waals surface area contributed by atoms with Crippen LogP contribution in [0.15, 0.2) is 22.7 Å². The Morgan fingerprint density at radius 3 is 2.76 bits per heavy atom. The lowest BCUT2D eigenvalue weighted by atomic mass is 9.64. The average Bonchev–Trinajstić information content (AvgIpc) is 2.18. The molecule has 0 fully saturated rings. The molecule has 1 aliphatic rings. The van der Waals surface area contributed by atoms with E-state index >= 15 is 0 Å². The fourth-order valence-electron chi connectivity index (χ4n) is 3.12. The molecule has 0 amide bonds. The SMILES string of the molecule is CC1(C)Cc2ccc(Br)cc2C(N)(CCO)C1. The van der Waals surface area contributed by atoms with Crippen LogP contribution in [0.2, 0.25) is 0 Å². The molecule has 0 radical (unpaired) electrons. The van der Waals surface area contributed by atoms with Gasteiger partial charge in [-0.1, -0.05) is 35.8 Å². The molecular formula is C14H20BrNO. The number of hydrogen-bond donors (Lipinski definition) is 2. The zero-order valence-corrected chi connectivity index (χ0v) is 12.0. The number of rotatable bonds is 2. The van der Waals surface area contributed by atoms with Crippen molar-refractivity contribution in [1.29, 1.82) is 0 Å². The average molecular weight is 298 g/mol. The highest BCUT2D eigenvalue weighted by atomic mass is 79.9. The molecule has 0 bridgehead atoms. The van der Waals surface area contributed by atoms with Crippen LogP contribution >= 0.6 is 15.9 Å². The maximum Gasteiger partial charge on any atom is 0.0451 e. The molecule has 1 aliphatic carbocycles. The third-order valence-electron chi connectivity index (χ3n) is 3.63. The summed E-state index contributed by atoms with van der Waals surface area (Å²) in [5.74, 6) is 0. The molecule has 1 aromatic carbocycles. The van der Waals surface area contributed by atoms with E-state index < -0.39 is 5.54 Å². The van der Waals surface area contributed by atoms with Gasteiger partial charge in [-0.15, -0.1) is 0 Å². The van der Waals surface area contributed by atoms with Gasteiger partial charge in [0.15, 0.2) is 0 Å². The van der Waals surface area contributed by atoms with Crippen molar-refractivity contribution in [3.05, 3.63) is 33.8 Å². The number of aliphatic hydroxyl groups excluding tert-OH is 1. The molecule has 2 rings (SSSR count). The van der Waals surface area contributed by atoms with Crippen LogP contribution in [0.25, 0.3) is 0 Å². The van der Waals surface area contributed by atoms with Crippen molar-refractivity contribution in [2.75, 3.05) is 6.61 Å². The lowest BCUT2D eigenvalue weighted by Crippen LogP contribution is -2.46. The highest BCUT2D eigenvalue weighted by molar-refractivity contribution is 9.10. The van der Waals surface area contributed by atoms with Gasteiger partial charge < -0.3 is 10.8 Å². The summed E-state index contributed by atoms with van der Waals surface area (Å²) in [6, 6.07) is 6.33. The summed E-state index contributed by atoms with van der Waals surface area (Å²) in [6.07, 6.45) is 2.60. The maximum absolute atomic E-state index is 9.26.